The summed E-state index contributed by atoms with van der Waals surface area (Å²) in [6.07, 6.45) is -5.62. The summed E-state index contributed by atoms with van der Waals surface area (Å²) in [4.78, 5) is 42.4. The standard InChI is InChI=1S/C31H31F3N4O3S.C2HF3O2/c32-31(33,34)22-11-13-24(14-12-22)41-20-5-4-17-35-18-15-26(39)37-19-16-25-27(30(37)42)29(40)38(23-9-2-1-3-10-23)28(36-25)21-7-6-8-21;3-2(4,5)1(6)7/h1-3,9-14,21,30,35,42H,6-8,15-20H2;(H,6,7). The maximum absolute atomic E-state index is 13.8. The summed E-state index contributed by atoms with van der Waals surface area (Å²) in [5.74, 6) is 4.12. The molecule has 2 heterocycles. The molecular weight excluding hydrogens is 678 g/mol. The molecule has 9 nitrogen and oxygen atoms in total. The fourth-order valence-electron chi connectivity index (χ4n) is 5.04. The molecule has 1 aromatic heterocycles. The van der Waals surface area contributed by atoms with Crippen LogP contribution in [-0.2, 0) is 22.2 Å². The SMILES string of the molecule is O=C(CCNCC#CCOc1ccc(C(F)(F)F)cc1)N1CCc2nc(C3CCC3)n(-c3ccccc3)c(=O)c2C1S.O=C(O)C(F)(F)F. The molecule has 2 N–H and O–H groups in total. The first-order chi connectivity index (χ1) is 23.2. The van der Waals surface area contributed by atoms with Crippen molar-refractivity contribution in [3.8, 4) is 23.3 Å². The topological polar surface area (TPSA) is 114 Å². The van der Waals surface area contributed by atoms with Crippen LogP contribution in [0.5, 0.6) is 5.75 Å². The number of carboxylic acids is 1. The molecule has 1 aliphatic heterocycles. The van der Waals surface area contributed by atoms with Gasteiger partial charge in [0.25, 0.3) is 5.56 Å². The average Bonchev–Trinajstić information content (AvgIpc) is 3.01. The van der Waals surface area contributed by atoms with Gasteiger partial charge in [-0.3, -0.25) is 14.2 Å². The van der Waals surface area contributed by atoms with Gasteiger partial charge in [-0.05, 0) is 49.2 Å². The number of carbonyl (C=O) groups excluding carboxylic acids is 1. The fourth-order valence-corrected chi connectivity index (χ4v) is 5.55. The largest absolute Gasteiger partial charge is 0.490 e. The van der Waals surface area contributed by atoms with Gasteiger partial charge in [0.1, 0.15) is 23.6 Å². The van der Waals surface area contributed by atoms with Crippen molar-refractivity contribution in [1.29, 1.82) is 0 Å². The number of hydrogen-bond acceptors (Lipinski definition) is 7. The van der Waals surface area contributed by atoms with Crippen molar-refractivity contribution in [3.05, 3.63) is 87.6 Å². The summed E-state index contributed by atoms with van der Waals surface area (Å²) < 4.78 is 76.7. The van der Waals surface area contributed by atoms with Crippen LogP contribution in [-0.4, -0.2) is 63.9 Å². The predicted molar refractivity (Wildman–Crippen MR) is 169 cm³/mol. The number of halogens is 6. The van der Waals surface area contributed by atoms with Crippen LogP contribution in [0.1, 0.15) is 59.6 Å². The molecule has 0 spiro atoms. The first-order valence-electron chi connectivity index (χ1n) is 15.1. The number of thiol groups is 1. The van der Waals surface area contributed by atoms with Crippen molar-refractivity contribution in [2.24, 2.45) is 0 Å². The van der Waals surface area contributed by atoms with E-state index in [9.17, 15) is 35.9 Å². The van der Waals surface area contributed by atoms with E-state index in [4.69, 9.17) is 32.3 Å². The van der Waals surface area contributed by atoms with Gasteiger partial charge < -0.3 is 20.1 Å². The fraction of sp³-hybridized carbons (Fsp3) is 0.394. The zero-order valence-electron chi connectivity index (χ0n) is 25.9. The van der Waals surface area contributed by atoms with E-state index in [-0.39, 0.29) is 30.4 Å². The molecule has 2 aromatic carbocycles. The summed E-state index contributed by atoms with van der Waals surface area (Å²) in [5, 5.41) is 9.52. The number of carbonyl (C=O) groups is 2. The van der Waals surface area contributed by atoms with Crippen LogP contribution in [0.15, 0.2) is 59.4 Å². The Kier molecular flexibility index (Phi) is 12.4. The van der Waals surface area contributed by atoms with E-state index in [1.54, 1.807) is 9.47 Å². The zero-order chi connectivity index (χ0) is 35.8. The first-order valence-corrected chi connectivity index (χ1v) is 15.7. The van der Waals surface area contributed by atoms with Gasteiger partial charge in [-0.25, -0.2) is 9.78 Å². The van der Waals surface area contributed by atoms with Crippen molar-refractivity contribution in [2.45, 2.75) is 55.7 Å². The number of nitrogens with zero attached hydrogens (tertiary/aromatic N) is 3. The number of alkyl halides is 6. The van der Waals surface area contributed by atoms with Gasteiger partial charge in [0.15, 0.2) is 0 Å². The highest BCUT2D eigenvalue weighted by atomic mass is 32.1. The maximum atomic E-state index is 13.8. The average molecular weight is 711 g/mol. The van der Waals surface area contributed by atoms with Gasteiger partial charge in [-0.2, -0.15) is 26.3 Å². The number of nitrogens with one attached hydrogen (secondary N) is 1. The Labute approximate surface area is 282 Å². The quantitative estimate of drug-likeness (QED) is 0.122. The van der Waals surface area contributed by atoms with Crippen molar-refractivity contribution < 1.29 is 45.8 Å². The summed E-state index contributed by atoms with van der Waals surface area (Å²) >= 11 is 4.72. The zero-order valence-corrected chi connectivity index (χ0v) is 26.7. The minimum atomic E-state index is -5.08. The third kappa shape index (κ3) is 9.79. The number of aliphatic carboxylic acids is 1. The van der Waals surface area contributed by atoms with Crippen molar-refractivity contribution >= 4 is 24.5 Å². The van der Waals surface area contributed by atoms with E-state index in [0.29, 0.717) is 37.4 Å². The van der Waals surface area contributed by atoms with Crippen LogP contribution < -0.4 is 15.6 Å². The lowest BCUT2D eigenvalue weighted by molar-refractivity contribution is -0.192. The Morgan fingerprint density at radius 1 is 1.02 bits per heavy atom. The Morgan fingerprint density at radius 2 is 1.67 bits per heavy atom. The van der Waals surface area contributed by atoms with Crippen LogP contribution in [0.3, 0.4) is 0 Å². The Morgan fingerprint density at radius 3 is 2.24 bits per heavy atom. The number of aromatic nitrogens is 2. The van der Waals surface area contributed by atoms with E-state index in [1.807, 2.05) is 30.3 Å². The monoisotopic (exact) mass is 710 g/mol. The normalized spacial score (nSPS) is 15.9. The number of para-hydroxylation sites is 1. The molecule has 2 aliphatic rings. The highest BCUT2D eigenvalue weighted by Gasteiger charge is 2.38. The Bertz CT molecular complexity index is 1730. The highest BCUT2D eigenvalue weighted by Crippen LogP contribution is 2.38. The number of hydrogen-bond donors (Lipinski definition) is 3. The summed E-state index contributed by atoms with van der Waals surface area (Å²) in [6.45, 7) is 1.15. The third-order valence-corrected chi connectivity index (χ3v) is 8.30. The smallest absolute Gasteiger partial charge is 0.481 e. The van der Waals surface area contributed by atoms with E-state index >= 15 is 0 Å². The van der Waals surface area contributed by atoms with Gasteiger partial charge in [0, 0.05) is 31.8 Å². The van der Waals surface area contributed by atoms with E-state index < -0.39 is 29.3 Å². The number of ether oxygens (including phenoxy) is 1. The van der Waals surface area contributed by atoms with E-state index in [1.165, 1.54) is 12.1 Å². The number of rotatable bonds is 8. The summed E-state index contributed by atoms with van der Waals surface area (Å²) in [5.41, 5.74) is 1.04. The molecule has 1 unspecified atom stereocenters. The molecule has 1 aliphatic carbocycles. The van der Waals surface area contributed by atoms with E-state index in [2.05, 4.69) is 17.2 Å². The minimum absolute atomic E-state index is 0.0253. The van der Waals surface area contributed by atoms with Crippen molar-refractivity contribution in [1.82, 2.24) is 19.8 Å². The van der Waals surface area contributed by atoms with Crippen LogP contribution in [0.25, 0.3) is 5.69 Å². The number of amides is 1. The molecule has 5 rings (SSSR count). The number of carboxylic acid groups (broad SMARTS) is 1. The molecule has 1 saturated carbocycles. The summed E-state index contributed by atoms with van der Waals surface area (Å²) in [7, 11) is 0. The second kappa shape index (κ2) is 16.3. The van der Waals surface area contributed by atoms with Gasteiger partial charge >= 0.3 is 18.3 Å². The molecular formula is C33H32F6N4O5S. The molecule has 49 heavy (non-hydrogen) atoms. The lowest BCUT2D eigenvalue weighted by Gasteiger charge is -2.35. The molecule has 0 saturated heterocycles. The lowest BCUT2D eigenvalue weighted by Crippen LogP contribution is -2.44. The van der Waals surface area contributed by atoms with Gasteiger partial charge in [0.05, 0.1) is 29.1 Å². The van der Waals surface area contributed by atoms with Crippen LogP contribution >= 0.6 is 12.6 Å². The number of benzene rings is 2. The highest BCUT2D eigenvalue weighted by molar-refractivity contribution is 7.80. The van der Waals surface area contributed by atoms with Crippen molar-refractivity contribution in [3.63, 3.8) is 0 Å². The lowest BCUT2D eigenvalue weighted by atomic mass is 9.84. The second-order valence-electron chi connectivity index (χ2n) is 11.0. The molecule has 3 aromatic rings. The minimum Gasteiger partial charge on any atom is -0.481 e. The van der Waals surface area contributed by atoms with Crippen molar-refractivity contribution in [2.75, 3.05) is 26.2 Å². The van der Waals surface area contributed by atoms with Gasteiger partial charge in [-0.15, -0.1) is 12.6 Å². The number of fused-ring (bicyclic) bond motifs is 1. The molecule has 16 heteroatoms. The summed E-state index contributed by atoms with van der Waals surface area (Å²) in [6, 6.07) is 13.9. The molecule has 1 fully saturated rings. The predicted octanol–water partition coefficient (Wildman–Crippen LogP) is 5.53. The van der Waals surface area contributed by atoms with Crippen LogP contribution in [0, 0.1) is 11.8 Å². The van der Waals surface area contributed by atoms with Crippen LogP contribution in [0.4, 0.5) is 26.3 Å². The molecule has 262 valence electrons. The second-order valence-corrected chi connectivity index (χ2v) is 11.5. The Hall–Kier alpha value is -4.49. The Balaban J connectivity index is 0.000000698. The third-order valence-electron chi connectivity index (χ3n) is 7.76. The maximum Gasteiger partial charge on any atom is 0.490 e. The molecule has 0 radical (unpaired) electrons. The molecule has 0 bridgehead atoms. The molecule has 1 amide bonds. The van der Waals surface area contributed by atoms with Gasteiger partial charge in [0.2, 0.25) is 5.91 Å². The van der Waals surface area contributed by atoms with E-state index in [0.717, 1.165) is 48.6 Å². The van der Waals surface area contributed by atoms with Gasteiger partial charge in [-0.1, -0.05) is 36.5 Å². The first kappa shape index (κ1) is 37.3. The molecule has 1 atom stereocenters. The van der Waals surface area contributed by atoms with Crippen LogP contribution in [0.2, 0.25) is 0 Å².